The summed E-state index contributed by atoms with van der Waals surface area (Å²) in [5, 5.41) is 0. The maximum absolute atomic E-state index is 6.01. The summed E-state index contributed by atoms with van der Waals surface area (Å²) in [7, 11) is 4.13. The Hall–Kier alpha value is -1.55. The Labute approximate surface area is 102 Å². The van der Waals surface area contributed by atoms with E-state index in [-0.39, 0.29) is 0 Å². The van der Waals surface area contributed by atoms with Crippen molar-refractivity contribution >= 4 is 17.0 Å². The van der Waals surface area contributed by atoms with Gasteiger partial charge in [-0.15, -0.1) is 0 Å². The summed E-state index contributed by atoms with van der Waals surface area (Å²) in [5.41, 5.74) is 9.34. The molecule has 92 valence electrons. The minimum Gasteiger partial charge on any atom is -0.369 e. The van der Waals surface area contributed by atoms with E-state index in [1.807, 2.05) is 6.07 Å². The molecule has 17 heavy (non-hydrogen) atoms. The number of nitrogens with zero attached hydrogens (tertiary/aromatic N) is 3. The van der Waals surface area contributed by atoms with Crippen LogP contribution in [0.25, 0.3) is 11.0 Å². The number of fused-ring (bicyclic) bond motifs is 1. The lowest BCUT2D eigenvalue weighted by Crippen LogP contribution is -2.23. The van der Waals surface area contributed by atoms with E-state index in [0.29, 0.717) is 12.0 Å². The molecule has 0 aliphatic carbocycles. The number of nitrogens with two attached hydrogens (primary N) is 1. The number of aromatic nitrogens is 2. The van der Waals surface area contributed by atoms with Gasteiger partial charge in [0.2, 0.25) is 5.95 Å². The molecule has 0 spiro atoms. The summed E-state index contributed by atoms with van der Waals surface area (Å²) in [6.45, 7) is 5.20. The molecule has 1 atom stereocenters. The third kappa shape index (κ3) is 2.26. The molecule has 1 unspecified atom stereocenters. The summed E-state index contributed by atoms with van der Waals surface area (Å²) in [6.07, 6.45) is 0. The molecule has 4 nitrogen and oxygen atoms in total. The summed E-state index contributed by atoms with van der Waals surface area (Å²) in [6, 6.07) is 6.55. The molecule has 1 heterocycles. The fourth-order valence-electron chi connectivity index (χ4n) is 2.29. The number of anilines is 1. The van der Waals surface area contributed by atoms with Gasteiger partial charge in [0.15, 0.2) is 0 Å². The van der Waals surface area contributed by atoms with Gasteiger partial charge in [0.05, 0.1) is 11.0 Å². The second kappa shape index (κ2) is 4.37. The van der Waals surface area contributed by atoms with Gasteiger partial charge in [0.25, 0.3) is 0 Å². The number of likely N-dealkylation sites (N-methyl/N-ethyl adjacent to an activating group) is 1. The largest absolute Gasteiger partial charge is 0.369 e. The zero-order valence-electron chi connectivity index (χ0n) is 10.9. The van der Waals surface area contributed by atoms with Crippen LogP contribution >= 0.6 is 0 Å². The van der Waals surface area contributed by atoms with Crippen molar-refractivity contribution in [1.29, 1.82) is 0 Å². The Kier molecular flexibility index (Phi) is 3.07. The Morgan fingerprint density at radius 2 is 2.12 bits per heavy atom. The first-order valence-electron chi connectivity index (χ1n) is 5.88. The number of aryl methyl sites for hydroxylation is 1. The predicted molar refractivity (Wildman–Crippen MR) is 72.1 cm³/mol. The van der Waals surface area contributed by atoms with Crippen molar-refractivity contribution < 1.29 is 0 Å². The van der Waals surface area contributed by atoms with Gasteiger partial charge in [0, 0.05) is 12.6 Å². The van der Waals surface area contributed by atoms with E-state index in [4.69, 9.17) is 5.73 Å². The van der Waals surface area contributed by atoms with Crippen LogP contribution in [0, 0.1) is 6.92 Å². The van der Waals surface area contributed by atoms with Crippen molar-refractivity contribution in [3.8, 4) is 0 Å². The van der Waals surface area contributed by atoms with Gasteiger partial charge >= 0.3 is 0 Å². The van der Waals surface area contributed by atoms with Crippen LogP contribution < -0.4 is 5.73 Å². The van der Waals surface area contributed by atoms with Crippen LogP contribution in [0.15, 0.2) is 18.2 Å². The van der Waals surface area contributed by atoms with Crippen LogP contribution in [0.3, 0.4) is 0 Å². The lowest BCUT2D eigenvalue weighted by Gasteiger charge is -2.20. The number of rotatable bonds is 3. The molecule has 0 saturated carbocycles. The predicted octanol–water partition coefficient (Wildman–Crippen LogP) is 2.05. The fourth-order valence-corrected chi connectivity index (χ4v) is 2.29. The Morgan fingerprint density at radius 3 is 2.76 bits per heavy atom. The van der Waals surface area contributed by atoms with Crippen molar-refractivity contribution in [1.82, 2.24) is 14.5 Å². The van der Waals surface area contributed by atoms with E-state index in [0.717, 1.165) is 17.6 Å². The molecule has 0 radical (unpaired) electrons. The summed E-state index contributed by atoms with van der Waals surface area (Å²) >= 11 is 0. The van der Waals surface area contributed by atoms with Crippen LogP contribution in [0.4, 0.5) is 5.95 Å². The summed E-state index contributed by atoms with van der Waals surface area (Å²) < 4.78 is 2.11. The molecular weight excluding hydrogens is 212 g/mol. The first kappa shape index (κ1) is 11.9. The van der Waals surface area contributed by atoms with E-state index in [2.05, 4.69) is 54.5 Å². The van der Waals surface area contributed by atoms with Crippen LogP contribution in [-0.4, -0.2) is 35.1 Å². The van der Waals surface area contributed by atoms with Crippen molar-refractivity contribution in [2.45, 2.75) is 19.9 Å². The molecule has 0 aliphatic heterocycles. The smallest absolute Gasteiger partial charge is 0.201 e. The van der Waals surface area contributed by atoms with Gasteiger partial charge in [-0.1, -0.05) is 6.07 Å². The lowest BCUT2D eigenvalue weighted by molar-refractivity contribution is 0.342. The molecule has 2 rings (SSSR count). The highest BCUT2D eigenvalue weighted by Crippen LogP contribution is 2.23. The molecule has 1 aromatic heterocycles. The van der Waals surface area contributed by atoms with E-state index < -0.39 is 0 Å². The second-order valence-corrected chi connectivity index (χ2v) is 4.94. The SMILES string of the molecule is Cc1ccc2nc(N)n(C(C)CN(C)C)c2c1. The molecule has 1 aromatic carbocycles. The van der Waals surface area contributed by atoms with E-state index in [1.165, 1.54) is 5.56 Å². The van der Waals surface area contributed by atoms with Gasteiger partial charge in [-0.3, -0.25) is 0 Å². The topological polar surface area (TPSA) is 47.1 Å². The van der Waals surface area contributed by atoms with Crippen molar-refractivity contribution in [3.63, 3.8) is 0 Å². The zero-order chi connectivity index (χ0) is 12.6. The zero-order valence-corrected chi connectivity index (χ0v) is 10.9. The average molecular weight is 232 g/mol. The van der Waals surface area contributed by atoms with Crippen molar-refractivity contribution in [2.24, 2.45) is 0 Å². The minimum atomic E-state index is 0.316. The molecule has 0 amide bonds. The molecule has 2 N–H and O–H groups in total. The van der Waals surface area contributed by atoms with Gasteiger partial charge in [0.1, 0.15) is 0 Å². The van der Waals surface area contributed by atoms with Gasteiger partial charge < -0.3 is 15.2 Å². The lowest BCUT2D eigenvalue weighted by atomic mass is 10.2. The number of hydrogen-bond donors (Lipinski definition) is 1. The first-order chi connectivity index (χ1) is 7.99. The first-order valence-corrected chi connectivity index (χ1v) is 5.88. The van der Waals surface area contributed by atoms with Gasteiger partial charge in [-0.05, 0) is 45.6 Å². The molecule has 2 aromatic rings. The second-order valence-electron chi connectivity index (χ2n) is 4.94. The van der Waals surface area contributed by atoms with Crippen LogP contribution in [0.5, 0.6) is 0 Å². The molecular formula is C13H20N4. The monoisotopic (exact) mass is 232 g/mol. The third-order valence-corrected chi connectivity index (χ3v) is 2.94. The number of benzene rings is 1. The average Bonchev–Trinajstić information content (AvgIpc) is 2.52. The van der Waals surface area contributed by atoms with Gasteiger partial charge in [-0.25, -0.2) is 4.98 Å². The highest BCUT2D eigenvalue weighted by Gasteiger charge is 2.14. The quantitative estimate of drug-likeness (QED) is 0.881. The molecule has 0 aliphatic rings. The van der Waals surface area contributed by atoms with E-state index in [9.17, 15) is 0 Å². The van der Waals surface area contributed by atoms with Crippen LogP contribution in [0.1, 0.15) is 18.5 Å². The fraction of sp³-hybridized carbons (Fsp3) is 0.462. The molecule has 4 heteroatoms. The highest BCUT2D eigenvalue weighted by atomic mass is 15.2. The molecule has 0 fully saturated rings. The Morgan fingerprint density at radius 1 is 1.41 bits per heavy atom. The number of imidazole rings is 1. The normalized spacial score (nSPS) is 13.5. The maximum Gasteiger partial charge on any atom is 0.201 e. The number of nitrogen functional groups attached to an aromatic ring is 1. The van der Waals surface area contributed by atoms with Crippen LogP contribution in [-0.2, 0) is 0 Å². The number of hydrogen-bond acceptors (Lipinski definition) is 3. The van der Waals surface area contributed by atoms with E-state index in [1.54, 1.807) is 0 Å². The standard InChI is InChI=1S/C13H20N4/c1-9-5-6-11-12(7-9)17(13(14)15-11)10(2)8-16(3)4/h5-7,10H,8H2,1-4H3,(H2,14,15). The molecule has 0 bridgehead atoms. The molecule has 0 saturated heterocycles. The highest BCUT2D eigenvalue weighted by molar-refractivity contribution is 5.79. The Bertz CT molecular complexity index is 527. The van der Waals surface area contributed by atoms with Crippen molar-refractivity contribution in [2.75, 3.05) is 26.4 Å². The summed E-state index contributed by atoms with van der Waals surface area (Å²) in [4.78, 5) is 6.56. The minimum absolute atomic E-state index is 0.316. The summed E-state index contributed by atoms with van der Waals surface area (Å²) in [5.74, 6) is 0.597. The van der Waals surface area contributed by atoms with Crippen LogP contribution in [0.2, 0.25) is 0 Å². The maximum atomic E-state index is 6.01. The third-order valence-electron chi connectivity index (χ3n) is 2.94. The Balaban J connectivity index is 2.51. The van der Waals surface area contributed by atoms with Crippen molar-refractivity contribution in [3.05, 3.63) is 23.8 Å². The van der Waals surface area contributed by atoms with Gasteiger partial charge in [-0.2, -0.15) is 0 Å². The van der Waals surface area contributed by atoms with E-state index >= 15 is 0 Å².